The number of carbonyl (C=O) groups excluding carboxylic acids is 1. The van der Waals surface area contributed by atoms with Crippen molar-refractivity contribution in [3.8, 4) is 5.75 Å². The van der Waals surface area contributed by atoms with E-state index in [-0.39, 0.29) is 0 Å². The van der Waals surface area contributed by atoms with E-state index in [1.54, 1.807) is 24.3 Å². The zero-order valence-corrected chi connectivity index (χ0v) is 19.5. The molecule has 8 heteroatoms. The minimum absolute atomic E-state index is 0.406. The van der Waals surface area contributed by atoms with E-state index in [0.717, 1.165) is 11.1 Å². The average Bonchev–Trinajstić information content (AvgIpc) is 2.78. The number of carbonyl (C=O) groups is 1. The summed E-state index contributed by atoms with van der Waals surface area (Å²) >= 11 is 0. The summed E-state index contributed by atoms with van der Waals surface area (Å²) in [5.41, 5.74) is 1.53. The second-order valence-electron chi connectivity index (χ2n) is 6.78. The molecule has 2 N–H and O–H groups in total. The zero-order valence-electron chi connectivity index (χ0n) is 18.5. The summed E-state index contributed by atoms with van der Waals surface area (Å²) in [5.74, 6) is 0.406. The lowest BCUT2D eigenvalue weighted by molar-refractivity contribution is 0.0708. The highest BCUT2D eigenvalue weighted by molar-refractivity contribution is 6.60. The number of hydrogen-bond donors (Lipinski definition) is 2. The Kier molecular flexibility index (Phi) is 10.7. The lowest BCUT2D eigenvalue weighted by Crippen LogP contribution is -2.46. The molecule has 0 aromatic heterocycles. The van der Waals surface area contributed by atoms with Crippen LogP contribution in [0.2, 0.25) is 6.04 Å². The van der Waals surface area contributed by atoms with Crippen molar-refractivity contribution in [1.29, 1.82) is 0 Å². The Hall–Kier alpha value is -2.23. The normalized spacial score (nSPS) is 12.4. The van der Waals surface area contributed by atoms with Crippen LogP contribution in [0.5, 0.6) is 5.75 Å². The molecule has 1 unspecified atom stereocenters. The molecule has 0 bridgehead atoms. The van der Waals surface area contributed by atoms with Crippen molar-refractivity contribution < 1.29 is 27.9 Å². The lowest BCUT2D eigenvalue weighted by Gasteiger charge is -2.28. The smallest absolute Gasteiger partial charge is 0.410 e. The van der Waals surface area contributed by atoms with Crippen LogP contribution in [-0.4, -0.2) is 46.4 Å². The van der Waals surface area contributed by atoms with Crippen LogP contribution in [0.4, 0.5) is 4.79 Å². The van der Waals surface area contributed by atoms with E-state index in [1.165, 1.54) is 0 Å². The van der Waals surface area contributed by atoms with Gasteiger partial charge in [-0.05, 0) is 50.5 Å². The summed E-state index contributed by atoms with van der Waals surface area (Å²) in [6.07, 6.45) is -0.605. The molecule has 2 aromatic rings. The van der Waals surface area contributed by atoms with Crippen LogP contribution in [0.1, 0.15) is 44.4 Å². The van der Waals surface area contributed by atoms with Gasteiger partial charge < -0.3 is 28.4 Å². The van der Waals surface area contributed by atoms with E-state index >= 15 is 0 Å². The monoisotopic (exact) mass is 447 g/mol. The Balaban J connectivity index is 1.80. The summed E-state index contributed by atoms with van der Waals surface area (Å²) in [5, 5.41) is 13.2. The fourth-order valence-corrected chi connectivity index (χ4v) is 5.80. The van der Waals surface area contributed by atoms with E-state index < -0.39 is 21.0 Å². The van der Waals surface area contributed by atoms with Gasteiger partial charge in [-0.3, -0.25) is 0 Å². The van der Waals surface area contributed by atoms with E-state index in [0.29, 0.717) is 44.6 Å². The molecule has 2 rings (SSSR count). The minimum Gasteiger partial charge on any atom is -0.410 e. The van der Waals surface area contributed by atoms with Crippen molar-refractivity contribution in [1.82, 2.24) is 5.32 Å². The predicted octanol–water partition coefficient (Wildman–Crippen LogP) is 4.30. The molecule has 2 aromatic carbocycles. The first-order valence-electron chi connectivity index (χ1n) is 10.7. The Labute approximate surface area is 185 Å². The van der Waals surface area contributed by atoms with Gasteiger partial charge in [0.25, 0.3) is 0 Å². The first-order valence-corrected chi connectivity index (χ1v) is 12.7. The summed E-state index contributed by atoms with van der Waals surface area (Å²) in [6.45, 7) is 7.74. The van der Waals surface area contributed by atoms with Crippen molar-refractivity contribution in [3.05, 3.63) is 65.7 Å². The molecule has 0 saturated heterocycles. The fourth-order valence-electron chi connectivity index (χ4n) is 3.19. The van der Waals surface area contributed by atoms with Gasteiger partial charge >= 0.3 is 14.9 Å². The van der Waals surface area contributed by atoms with Crippen LogP contribution in [-0.2, 0) is 13.3 Å². The first-order chi connectivity index (χ1) is 15.0. The van der Waals surface area contributed by atoms with E-state index in [1.807, 2.05) is 51.1 Å². The Bertz CT molecular complexity index is 754. The molecule has 0 aliphatic carbocycles. The van der Waals surface area contributed by atoms with Gasteiger partial charge in [-0.2, -0.15) is 0 Å². The van der Waals surface area contributed by atoms with Crippen LogP contribution in [0, 0.1) is 0 Å². The van der Waals surface area contributed by atoms with E-state index in [4.69, 9.17) is 18.0 Å². The third-order valence-corrected chi connectivity index (χ3v) is 7.69. The fraction of sp³-hybridized carbons (Fsp3) is 0.435. The third kappa shape index (κ3) is 8.08. The molecule has 0 aliphatic rings. The summed E-state index contributed by atoms with van der Waals surface area (Å²) in [7, 11) is -2.70. The maximum absolute atomic E-state index is 12.1. The Morgan fingerprint density at radius 2 is 1.45 bits per heavy atom. The number of nitrogens with one attached hydrogen (secondary N) is 1. The van der Waals surface area contributed by atoms with Crippen molar-refractivity contribution in [2.75, 3.05) is 26.4 Å². The largest absolute Gasteiger partial charge is 0.500 e. The van der Waals surface area contributed by atoms with Crippen LogP contribution in [0.15, 0.2) is 54.6 Å². The number of aliphatic hydroxyl groups is 1. The molecule has 0 fully saturated rings. The second-order valence-corrected chi connectivity index (χ2v) is 9.52. The second kappa shape index (κ2) is 13.2. The molecule has 170 valence electrons. The molecule has 0 aliphatic heterocycles. The highest BCUT2D eigenvalue weighted by Gasteiger charge is 2.39. The van der Waals surface area contributed by atoms with Crippen molar-refractivity contribution >= 4 is 14.9 Å². The number of amides is 1. The Morgan fingerprint density at radius 1 is 0.903 bits per heavy atom. The number of hydrogen-bond acceptors (Lipinski definition) is 6. The van der Waals surface area contributed by atoms with Crippen molar-refractivity contribution in [3.63, 3.8) is 0 Å². The zero-order chi connectivity index (χ0) is 22.5. The summed E-state index contributed by atoms with van der Waals surface area (Å²) in [6, 6.07) is 16.8. The van der Waals surface area contributed by atoms with Gasteiger partial charge in [-0.25, -0.2) is 4.79 Å². The van der Waals surface area contributed by atoms with Crippen LogP contribution < -0.4 is 10.1 Å². The van der Waals surface area contributed by atoms with Gasteiger partial charge in [-0.1, -0.05) is 42.5 Å². The molecule has 7 nitrogen and oxygen atoms in total. The SMILES string of the molecule is CCO[Si](CCCNC(=O)Oc1ccc(C(O)c2ccccc2)cc1)(OCC)OCC. The minimum atomic E-state index is -2.70. The quantitative estimate of drug-likeness (QED) is 0.352. The van der Waals surface area contributed by atoms with E-state index in [9.17, 15) is 9.90 Å². The number of ether oxygens (including phenoxy) is 1. The topological polar surface area (TPSA) is 86.3 Å². The standard InChI is InChI=1S/C23H33NO6Si/c1-4-27-31(28-5-2,29-6-3)18-10-17-24-23(26)30-21-15-13-20(14-16-21)22(25)19-11-8-7-9-12-19/h7-9,11-16,22,25H,4-6,10,17-18H2,1-3H3,(H,24,26). The average molecular weight is 448 g/mol. The third-order valence-electron chi connectivity index (χ3n) is 4.54. The Morgan fingerprint density at radius 3 is 2.00 bits per heavy atom. The number of rotatable bonds is 13. The molecule has 0 saturated carbocycles. The molecular formula is C23H33NO6Si. The van der Waals surface area contributed by atoms with Gasteiger partial charge in [0, 0.05) is 32.4 Å². The van der Waals surface area contributed by atoms with Gasteiger partial charge in [0.2, 0.25) is 0 Å². The van der Waals surface area contributed by atoms with E-state index in [2.05, 4.69) is 5.32 Å². The number of benzene rings is 2. The van der Waals surface area contributed by atoms with Crippen LogP contribution >= 0.6 is 0 Å². The lowest BCUT2D eigenvalue weighted by atomic mass is 10.0. The molecule has 1 amide bonds. The maximum atomic E-state index is 12.1. The van der Waals surface area contributed by atoms with Gasteiger partial charge in [0.05, 0.1) is 0 Å². The highest BCUT2D eigenvalue weighted by Crippen LogP contribution is 2.24. The highest BCUT2D eigenvalue weighted by atomic mass is 28.4. The molecular weight excluding hydrogens is 414 g/mol. The molecule has 1 atom stereocenters. The molecule has 0 radical (unpaired) electrons. The summed E-state index contributed by atoms with van der Waals surface area (Å²) < 4.78 is 22.7. The predicted molar refractivity (Wildman–Crippen MR) is 121 cm³/mol. The van der Waals surface area contributed by atoms with Gasteiger partial charge in [0.1, 0.15) is 11.9 Å². The molecule has 0 spiro atoms. The van der Waals surface area contributed by atoms with Crippen molar-refractivity contribution in [2.45, 2.75) is 39.3 Å². The van der Waals surface area contributed by atoms with Crippen LogP contribution in [0.25, 0.3) is 0 Å². The van der Waals surface area contributed by atoms with Gasteiger partial charge in [-0.15, -0.1) is 0 Å². The summed E-state index contributed by atoms with van der Waals surface area (Å²) in [4.78, 5) is 12.1. The maximum Gasteiger partial charge on any atom is 0.500 e. The van der Waals surface area contributed by atoms with Crippen molar-refractivity contribution in [2.24, 2.45) is 0 Å². The van der Waals surface area contributed by atoms with Crippen LogP contribution in [0.3, 0.4) is 0 Å². The first kappa shape index (κ1) is 25.0. The van der Waals surface area contributed by atoms with Gasteiger partial charge in [0.15, 0.2) is 0 Å². The molecule has 0 heterocycles. The number of aliphatic hydroxyl groups excluding tert-OH is 1. The molecule has 31 heavy (non-hydrogen) atoms.